The van der Waals surface area contributed by atoms with Crippen LogP contribution >= 0.6 is 0 Å². The van der Waals surface area contributed by atoms with Crippen LogP contribution < -0.4 is 10.1 Å². The molecule has 30 heavy (non-hydrogen) atoms. The van der Waals surface area contributed by atoms with Crippen LogP contribution in [0.2, 0.25) is 0 Å². The molecule has 2 aromatic carbocycles. The Balaban J connectivity index is 2.00. The Kier molecular flexibility index (Phi) is 8.17. The van der Waals surface area contributed by atoms with Crippen molar-refractivity contribution in [2.45, 2.75) is 51.5 Å². The van der Waals surface area contributed by atoms with Gasteiger partial charge in [0.2, 0.25) is 6.54 Å². The van der Waals surface area contributed by atoms with Crippen LogP contribution in [0.15, 0.2) is 54.6 Å². The van der Waals surface area contributed by atoms with E-state index < -0.39 is 35.3 Å². The number of carbonyl (C=O) groups is 1. The molecule has 2 N–H and O–H groups in total. The summed E-state index contributed by atoms with van der Waals surface area (Å²) in [5, 5.41) is 23.6. The van der Waals surface area contributed by atoms with E-state index >= 15 is 0 Å². The molecule has 0 aliphatic rings. The zero-order chi connectivity index (χ0) is 22.1. The molecule has 2 atom stereocenters. The summed E-state index contributed by atoms with van der Waals surface area (Å²) in [5.74, 6) is 0.671. The smallest absolute Gasteiger partial charge is 0.407 e. The number of alkyl carbamates (subject to hydrolysis) is 1. The minimum Gasteiger partial charge on any atom is -0.489 e. The SMILES string of the molecule is CC(C)(C)OC(=O)NC(Cc1ccc(OCc2ccccc2)cc1)C(O)C[N+](=O)[O-]. The van der Waals surface area contributed by atoms with Crippen LogP contribution in [0.1, 0.15) is 31.9 Å². The first-order chi connectivity index (χ1) is 14.1. The lowest BCUT2D eigenvalue weighted by Crippen LogP contribution is -2.49. The minimum atomic E-state index is -1.36. The van der Waals surface area contributed by atoms with E-state index in [2.05, 4.69) is 5.32 Å². The molecule has 0 aliphatic carbocycles. The molecule has 0 aliphatic heterocycles. The first-order valence-corrected chi connectivity index (χ1v) is 9.67. The van der Waals surface area contributed by atoms with E-state index in [-0.39, 0.29) is 6.42 Å². The molecule has 0 bridgehead atoms. The fourth-order valence-corrected chi connectivity index (χ4v) is 2.74. The van der Waals surface area contributed by atoms with Crippen LogP contribution in [-0.4, -0.2) is 40.4 Å². The highest BCUT2D eigenvalue weighted by molar-refractivity contribution is 5.68. The molecule has 8 heteroatoms. The summed E-state index contributed by atoms with van der Waals surface area (Å²) in [6.45, 7) is 4.89. The van der Waals surface area contributed by atoms with Crippen molar-refractivity contribution < 1.29 is 24.3 Å². The van der Waals surface area contributed by atoms with E-state index in [1.807, 2.05) is 30.3 Å². The van der Waals surface area contributed by atoms with Crippen molar-refractivity contribution >= 4 is 6.09 Å². The number of ether oxygens (including phenoxy) is 2. The molecule has 1 amide bonds. The highest BCUT2D eigenvalue weighted by Gasteiger charge is 2.28. The number of rotatable bonds is 9. The van der Waals surface area contributed by atoms with Crippen molar-refractivity contribution in [1.82, 2.24) is 5.32 Å². The molecular formula is C22H28N2O6. The highest BCUT2D eigenvalue weighted by Crippen LogP contribution is 2.17. The average molecular weight is 416 g/mol. The molecule has 2 aromatic rings. The number of hydrogen-bond donors (Lipinski definition) is 2. The number of carbonyl (C=O) groups excluding carboxylic acids is 1. The second-order valence-corrected chi connectivity index (χ2v) is 7.96. The summed E-state index contributed by atoms with van der Waals surface area (Å²) in [5.41, 5.74) is 1.11. The number of benzene rings is 2. The molecule has 0 radical (unpaired) electrons. The molecule has 8 nitrogen and oxygen atoms in total. The van der Waals surface area contributed by atoms with Crippen LogP contribution in [0.4, 0.5) is 4.79 Å². The summed E-state index contributed by atoms with van der Waals surface area (Å²) >= 11 is 0. The zero-order valence-corrected chi connectivity index (χ0v) is 17.4. The number of amides is 1. The van der Waals surface area contributed by atoms with Gasteiger partial charge in [0, 0.05) is 4.92 Å². The Labute approximate surface area is 176 Å². The second kappa shape index (κ2) is 10.6. The van der Waals surface area contributed by atoms with Gasteiger partial charge >= 0.3 is 6.09 Å². The first-order valence-electron chi connectivity index (χ1n) is 9.67. The first kappa shape index (κ1) is 23.2. The van der Waals surface area contributed by atoms with Crippen LogP contribution in [0.3, 0.4) is 0 Å². The molecule has 0 aromatic heterocycles. The van der Waals surface area contributed by atoms with E-state index in [4.69, 9.17) is 9.47 Å². The van der Waals surface area contributed by atoms with E-state index in [9.17, 15) is 20.0 Å². The van der Waals surface area contributed by atoms with Gasteiger partial charge in [-0.3, -0.25) is 10.1 Å². The third-order valence-electron chi connectivity index (χ3n) is 4.13. The van der Waals surface area contributed by atoms with Gasteiger partial charge in [-0.2, -0.15) is 0 Å². The summed E-state index contributed by atoms with van der Waals surface area (Å²) in [7, 11) is 0. The summed E-state index contributed by atoms with van der Waals surface area (Å²) in [6.07, 6.45) is -1.90. The fraction of sp³-hybridized carbons (Fsp3) is 0.409. The average Bonchev–Trinajstić information content (AvgIpc) is 2.65. The maximum Gasteiger partial charge on any atom is 0.407 e. The van der Waals surface area contributed by atoms with Gasteiger partial charge < -0.3 is 19.9 Å². The second-order valence-electron chi connectivity index (χ2n) is 7.96. The molecule has 0 heterocycles. The Morgan fingerprint density at radius 3 is 2.30 bits per heavy atom. The van der Waals surface area contributed by atoms with Crippen LogP contribution in [-0.2, 0) is 17.8 Å². The normalized spacial score (nSPS) is 13.2. The van der Waals surface area contributed by atoms with Gasteiger partial charge in [0.05, 0.1) is 6.04 Å². The van der Waals surface area contributed by atoms with Gasteiger partial charge in [0.1, 0.15) is 24.1 Å². The number of nitrogens with one attached hydrogen (secondary N) is 1. The fourth-order valence-electron chi connectivity index (χ4n) is 2.74. The number of aliphatic hydroxyl groups is 1. The molecular weight excluding hydrogens is 388 g/mol. The van der Waals surface area contributed by atoms with Gasteiger partial charge in [-0.1, -0.05) is 42.5 Å². The molecule has 0 saturated carbocycles. The topological polar surface area (TPSA) is 111 Å². The summed E-state index contributed by atoms with van der Waals surface area (Å²) < 4.78 is 10.9. The molecule has 162 valence electrons. The van der Waals surface area contributed by atoms with Crippen LogP contribution in [0.25, 0.3) is 0 Å². The van der Waals surface area contributed by atoms with Gasteiger partial charge in [0.25, 0.3) is 0 Å². The third kappa shape index (κ3) is 8.48. The van der Waals surface area contributed by atoms with Gasteiger partial charge in [0.15, 0.2) is 0 Å². The largest absolute Gasteiger partial charge is 0.489 e. The van der Waals surface area contributed by atoms with E-state index in [0.717, 1.165) is 11.1 Å². The van der Waals surface area contributed by atoms with Crippen molar-refractivity contribution in [2.75, 3.05) is 6.54 Å². The molecule has 0 spiro atoms. The van der Waals surface area contributed by atoms with Crippen molar-refractivity contribution in [1.29, 1.82) is 0 Å². The highest BCUT2D eigenvalue weighted by atomic mass is 16.6. The number of aliphatic hydroxyl groups excluding tert-OH is 1. The van der Waals surface area contributed by atoms with Crippen LogP contribution in [0.5, 0.6) is 5.75 Å². The standard InChI is InChI=1S/C22H28N2O6/c1-22(2,3)30-21(26)23-19(20(25)14-24(27)28)13-16-9-11-18(12-10-16)29-15-17-7-5-4-6-8-17/h4-12,19-20,25H,13-15H2,1-3H3,(H,23,26). The van der Waals surface area contributed by atoms with Gasteiger partial charge in [-0.15, -0.1) is 0 Å². The predicted octanol–water partition coefficient (Wildman–Crippen LogP) is 3.34. The number of nitrogens with zero attached hydrogens (tertiary/aromatic N) is 1. The maximum atomic E-state index is 12.1. The molecule has 2 unspecified atom stereocenters. The molecule has 2 rings (SSSR count). The van der Waals surface area contributed by atoms with Crippen molar-refractivity contribution in [3.05, 3.63) is 75.8 Å². The lowest BCUT2D eigenvalue weighted by molar-refractivity contribution is -0.491. The third-order valence-corrected chi connectivity index (χ3v) is 4.13. The van der Waals surface area contributed by atoms with Crippen molar-refractivity contribution in [3.63, 3.8) is 0 Å². The number of nitro groups is 1. The van der Waals surface area contributed by atoms with Gasteiger partial charge in [-0.05, 0) is 50.5 Å². The Morgan fingerprint density at radius 2 is 1.73 bits per heavy atom. The minimum absolute atomic E-state index is 0.202. The quantitative estimate of drug-likeness (QED) is 0.479. The van der Waals surface area contributed by atoms with Crippen molar-refractivity contribution in [3.8, 4) is 5.75 Å². The Bertz CT molecular complexity index is 818. The van der Waals surface area contributed by atoms with E-state index in [0.29, 0.717) is 12.4 Å². The van der Waals surface area contributed by atoms with E-state index in [1.54, 1.807) is 45.0 Å². The Morgan fingerprint density at radius 1 is 1.10 bits per heavy atom. The lowest BCUT2D eigenvalue weighted by Gasteiger charge is -2.25. The van der Waals surface area contributed by atoms with Gasteiger partial charge in [-0.25, -0.2) is 4.79 Å². The zero-order valence-electron chi connectivity index (χ0n) is 17.4. The summed E-state index contributed by atoms with van der Waals surface area (Å²) in [6, 6.07) is 16.0. The maximum absolute atomic E-state index is 12.1. The van der Waals surface area contributed by atoms with Crippen LogP contribution in [0, 0.1) is 10.1 Å². The number of hydrogen-bond acceptors (Lipinski definition) is 6. The Hall–Kier alpha value is -3.13. The van der Waals surface area contributed by atoms with Crippen molar-refractivity contribution in [2.24, 2.45) is 0 Å². The molecule has 0 fully saturated rings. The molecule has 0 saturated heterocycles. The predicted molar refractivity (Wildman–Crippen MR) is 112 cm³/mol. The van der Waals surface area contributed by atoms with E-state index in [1.165, 1.54) is 0 Å². The summed E-state index contributed by atoms with van der Waals surface area (Å²) in [4.78, 5) is 22.3. The monoisotopic (exact) mass is 416 g/mol. The lowest BCUT2D eigenvalue weighted by atomic mass is 10.0.